The smallest absolute Gasteiger partial charge is 0.286 e. The Kier molecular flexibility index (Phi) is 4.81. The normalized spacial score (nSPS) is 19.1. The molecular weight excluding hydrogens is 377 g/mol. The summed E-state index contributed by atoms with van der Waals surface area (Å²) in [6.45, 7) is 1.94. The van der Waals surface area contributed by atoms with Crippen molar-refractivity contribution in [2.45, 2.75) is 24.7 Å². The van der Waals surface area contributed by atoms with Crippen LogP contribution in [0.25, 0.3) is 10.8 Å². The second-order valence-corrected chi connectivity index (χ2v) is 8.45. The number of hydrogen-bond acceptors (Lipinski definition) is 4. The van der Waals surface area contributed by atoms with Crippen LogP contribution < -0.4 is 10.1 Å². The summed E-state index contributed by atoms with van der Waals surface area (Å²) in [5, 5.41) is 4.04. The van der Waals surface area contributed by atoms with Crippen molar-refractivity contribution in [1.29, 1.82) is 0 Å². The lowest BCUT2D eigenvalue weighted by Crippen LogP contribution is -2.35. The first-order valence-corrected chi connectivity index (χ1v) is 9.68. The topological polar surface area (TPSA) is 55.4 Å². The van der Waals surface area contributed by atoms with Crippen molar-refractivity contribution in [2.24, 2.45) is 0 Å². The number of amides is 2. The molecule has 1 fully saturated rings. The summed E-state index contributed by atoms with van der Waals surface area (Å²) < 4.78 is 18.7. The maximum atomic E-state index is 13.7. The number of rotatable bonds is 5. The van der Waals surface area contributed by atoms with Gasteiger partial charge < -0.3 is 4.74 Å². The van der Waals surface area contributed by atoms with Crippen molar-refractivity contribution in [3.8, 4) is 5.75 Å². The number of ether oxygens (including phenoxy) is 1. The molecule has 0 spiro atoms. The van der Waals surface area contributed by atoms with E-state index in [4.69, 9.17) is 4.74 Å². The van der Waals surface area contributed by atoms with E-state index in [0.29, 0.717) is 17.7 Å². The SMILES string of the molecule is C[C@@]1(Cc2ccc3cc(OCc4ccccc4F)ccc3c2)SC(=O)NC1=O. The van der Waals surface area contributed by atoms with Crippen LogP contribution in [0.3, 0.4) is 0 Å². The van der Waals surface area contributed by atoms with Crippen molar-refractivity contribution < 1.29 is 18.7 Å². The molecule has 1 heterocycles. The molecule has 0 saturated carbocycles. The molecule has 4 nitrogen and oxygen atoms in total. The van der Waals surface area contributed by atoms with Gasteiger partial charge >= 0.3 is 0 Å². The fourth-order valence-corrected chi connectivity index (χ4v) is 4.19. The zero-order chi connectivity index (χ0) is 19.7. The summed E-state index contributed by atoms with van der Waals surface area (Å²) in [6, 6.07) is 18.1. The van der Waals surface area contributed by atoms with E-state index in [1.807, 2.05) is 36.4 Å². The highest BCUT2D eigenvalue weighted by molar-refractivity contribution is 8.16. The van der Waals surface area contributed by atoms with Gasteiger partial charge in [0.1, 0.15) is 22.9 Å². The number of carbonyl (C=O) groups is 2. The summed E-state index contributed by atoms with van der Waals surface area (Å²) in [5.74, 6) is 0.125. The van der Waals surface area contributed by atoms with Gasteiger partial charge in [0.2, 0.25) is 5.91 Å². The summed E-state index contributed by atoms with van der Waals surface area (Å²) in [6.07, 6.45) is 0.469. The fraction of sp³-hybridized carbons (Fsp3) is 0.182. The summed E-state index contributed by atoms with van der Waals surface area (Å²) in [4.78, 5) is 23.5. The summed E-state index contributed by atoms with van der Waals surface area (Å²) in [7, 11) is 0. The number of nitrogens with one attached hydrogen (secondary N) is 1. The van der Waals surface area contributed by atoms with E-state index in [-0.39, 0.29) is 23.6 Å². The van der Waals surface area contributed by atoms with Crippen LogP contribution >= 0.6 is 11.8 Å². The molecular formula is C22H18FNO3S. The Morgan fingerprint density at radius 3 is 2.54 bits per heavy atom. The molecule has 6 heteroatoms. The van der Waals surface area contributed by atoms with Crippen molar-refractivity contribution in [3.63, 3.8) is 0 Å². The third-order valence-corrected chi connectivity index (χ3v) is 5.85. The predicted octanol–water partition coefficient (Wildman–Crippen LogP) is 4.84. The summed E-state index contributed by atoms with van der Waals surface area (Å²) in [5.41, 5.74) is 1.49. The zero-order valence-corrected chi connectivity index (χ0v) is 16.0. The Morgan fingerprint density at radius 2 is 1.79 bits per heavy atom. The van der Waals surface area contributed by atoms with Crippen LogP contribution in [0.2, 0.25) is 0 Å². The zero-order valence-electron chi connectivity index (χ0n) is 15.2. The van der Waals surface area contributed by atoms with Crippen LogP contribution in [0.5, 0.6) is 5.75 Å². The molecule has 1 N–H and O–H groups in total. The second kappa shape index (κ2) is 7.28. The van der Waals surface area contributed by atoms with E-state index in [1.54, 1.807) is 25.1 Å². The van der Waals surface area contributed by atoms with Crippen molar-refractivity contribution in [1.82, 2.24) is 5.32 Å². The molecule has 0 aromatic heterocycles. The molecule has 1 saturated heterocycles. The first kappa shape index (κ1) is 18.5. The number of carbonyl (C=O) groups excluding carboxylic acids is 2. The molecule has 0 bridgehead atoms. The molecule has 1 aliphatic rings. The Balaban J connectivity index is 1.50. The standard InChI is InChI=1S/C22H18FNO3S/c1-22(20(25)24-21(26)28-22)12-14-6-7-16-11-18(9-8-15(16)10-14)27-13-17-4-2-3-5-19(17)23/h2-11H,12-13H2,1H3,(H,24,25,26)/t22-/m0/s1. The number of halogens is 1. The van der Waals surface area contributed by atoms with Crippen LogP contribution in [-0.4, -0.2) is 15.9 Å². The van der Waals surface area contributed by atoms with Crippen molar-refractivity contribution >= 4 is 33.7 Å². The molecule has 0 aliphatic carbocycles. The van der Waals surface area contributed by atoms with E-state index < -0.39 is 4.75 Å². The average molecular weight is 395 g/mol. The monoisotopic (exact) mass is 395 g/mol. The molecule has 2 amide bonds. The molecule has 1 atom stereocenters. The van der Waals surface area contributed by atoms with Gasteiger partial charge in [0, 0.05) is 5.56 Å². The molecule has 142 valence electrons. The molecule has 0 radical (unpaired) electrons. The highest BCUT2D eigenvalue weighted by Crippen LogP contribution is 2.35. The van der Waals surface area contributed by atoms with Gasteiger partial charge in [-0.3, -0.25) is 14.9 Å². The quantitative estimate of drug-likeness (QED) is 0.672. The number of fused-ring (bicyclic) bond motifs is 1. The van der Waals surface area contributed by atoms with E-state index in [1.165, 1.54) is 6.07 Å². The number of thioether (sulfide) groups is 1. The number of imide groups is 1. The Labute approximate surface area is 166 Å². The first-order valence-electron chi connectivity index (χ1n) is 8.86. The van der Waals surface area contributed by atoms with Crippen molar-refractivity contribution in [2.75, 3.05) is 0 Å². The van der Waals surface area contributed by atoms with Crippen LogP contribution in [0.1, 0.15) is 18.1 Å². The highest BCUT2D eigenvalue weighted by Gasteiger charge is 2.43. The number of benzene rings is 3. The van der Waals surface area contributed by atoms with Crippen LogP contribution in [0, 0.1) is 5.82 Å². The number of hydrogen-bond donors (Lipinski definition) is 1. The van der Waals surface area contributed by atoms with Gasteiger partial charge in [0.15, 0.2) is 0 Å². The Morgan fingerprint density at radius 1 is 1.04 bits per heavy atom. The summed E-state index contributed by atoms with van der Waals surface area (Å²) >= 11 is 1.03. The van der Waals surface area contributed by atoms with Gasteiger partial charge in [0.25, 0.3) is 5.24 Å². The minimum Gasteiger partial charge on any atom is -0.489 e. The van der Waals surface area contributed by atoms with Crippen LogP contribution in [0.4, 0.5) is 9.18 Å². The molecule has 0 unspecified atom stereocenters. The molecule has 3 aromatic carbocycles. The Bertz CT molecular complexity index is 1080. The van der Waals surface area contributed by atoms with Crippen molar-refractivity contribution in [3.05, 3.63) is 77.6 Å². The van der Waals surface area contributed by atoms with Gasteiger partial charge in [-0.15, -0.1) is 0 Å². The van der Waals surface area contributed by atoms with Gasteiger partial charge in [-0.2, -0.15) is 0 Å². The van der Waals surface area contributed by atoms with E-state index in [9.17, 15) is 14.0 Å². The highest BCUT2D eigenvalue weighted by atomic mass is 32.2. The maximum Gasteiger partial charge on any atom is 0.286 e. The third kappa shape index (κ3) is 3.73. The predicted molar refractivity (Wildman–Crippen MR) is 108 cm³/mol. The molecule has 28 heavy (non-hydrogen) atoms. The van der Waals surface area contributed by atoms with E-state index in [0.717, 1.165) is 28.1 Å². The van der Waals surface area contributed by atoms with E-state index >= 15 is 0 Å². The lowest BCUT2D eigenvalue weighted by Gasteiger charge is -2.18. The minimum atomic E-state index is -0.784. The van der Waals surface area contributed by atoms with Gasteiger partial charge in [0.05, 0.1) is 0 Å². The van der Waals surface area contributed by atoms with Gasteiger partial charge in [-0.1, -0.05) is 42.5 Å². The average Bonchev–Trinajstić information content (AvgIpc) is 2.92. The lowest BCUT2D eigenvalue weighted by molar-refractivity contribution is -0.121. The first-order chi connectivity index (χ1) is 13.4. The van der Waals surface area contributed by atoms with Crippen LogP contribution in [-0.2, 0) is 17.8 Å². The van der Waals surface area contributed by atoms with Gasteiger partial charge in [-0.25, -0.2) is 4.39 Å². The molecule has 4 rings (SSSR count). The minimum absolute atomic E-state index is 0.162. The van der Waals surface area contributed by atoms with E-state index in [2.05, 4.69) is 5.32 Å². The largest absolute Gasteiger partial charge is 0.489 e. The van der Waals surface area contributed by atoms with Gasteiger partial charge in [-0.05, 0) is 59.6 Å². The van der Waals surface area contributed by atoms with Crippen LogP contribution in [0.15, 0.2) is 60.7 Å². The second-order valence-electron chi connectivity index (χ2n) is 6.97. The third-order valence-electron chi connectivity index (χ3n) is 4.78. The Hall–Kier alpha value is -2.86. The lowest BCUT2D eigenvalue weighted by atomic mass is 9.97. The maximum absolute atomic E-state index is 13.7. The fourth-order valence-electron chi connectivity index (χ4n) is 3.26. The molecule has 1 aliphatic heterocycles. The molecule has 3 aromatic rings.